The van der Waals surface area contributed by atoms with Gasteiger partial charge in [0.15, 0.2) is 7.14 Å². The molecule has 0 heterocycles. The summed E-state index contributed by atoms with van der Waals surface area (Å²) in [4.78, 5) is 0. The van der Waals surface area contributed by atoms with Crippen molar-refractivity contribution >= 4 is 46.9 Å². The van der Waals surface area contributed by atoms with Crippen molar-refractivity contribution < 1.29 is 4.57 Å². The average Bonchev–Trinajstić information content (AvgIpc) is 2.91. The van der Waals surface area contributed by atoms with Gasteiger partial charge in [0, 0.05) is 15.9 Å². The van der Waals surface area contributed by atoms with Gasteiger partial charge in [0.2, 0.25) is 0 Å². The monoisotopic (exact) mass is 462 g/mol. The molecule has 33 heavy (non-hydrogen) atoms. The van der Waals surface area contributed by atoms with E-state index in [0.717, 1.165) is 15.9 Å². The Kier molecular flexibility index (Phi) is 6.36. The molecule has 0 amide bonds. The maximum atomic E-state index is 14.6. The lowest BCUT2D eigenvalue weighted by molar-refractivity contribution is 0.592. The van der Waals surface area contributed by atoms with Crippen LogP contribution in [0.2, 0.25) is 0 Å². The van der Waals surface area contributed by atoms with Gasteiger partial charge in [-0.1, -0.05) is 146 Å². The summed E-state index contributed by atoms with van der Waals surface area (Å²) >= 11 is 0. The third-order valence-corrected chi connectivity index (χ3v) is 11.3. The molecule has 0 atom stereocenters. The number of rotatable bonds is 6. The highest BCUT2D eigenvalue weighted by molar-refractivity contribution is 7.85. The second kappa shape index (κ2) is 9.72. The van der Waals surface area contributed by atoms with E-state index in [1.54, 1.807) is 0 Å². The van der Waals surface area contributed by atoms with Crippen LogP contribution in [-0.4, -0.2) is 0 Å². The lowest BCUT2D eigenvalue weighted by Gasteiger charge is -2.22. The van der Waals surface area contributed by atoms with Crippen LogP contribution in [0.4, 0.5) is 0 Å². The molecule has 1 nitrogen and oxygen atoms in total. The van der Waals surface area contributed by atoms with E-state index in [4.69, 9.17) is 0 Å². The molecule has 160 valence electrons. The molecule has 0 saturated carbocycles. The molecule has 0 saturated heterocycles. The average molecular weight is 462 g/mol. The summed E-state index contributed by atoms with van der Waals surface area (Å²) in [5, 5.41) is 6.44. The first-order valence-electron chi connectivity index (χ1n) is 11.0. The van der Waals surface area contributed by atoms with Gasteiger partial charge in [-0.3, -0.25) is 0 Å². The largest absolute Gasteiger partial charge is 0.309 e. The van der Waals surface area contributed by atoms with Crippen molar-refractivity contribution in [1.82, 2.24) is 0 Å². The zero-order valence-corrected chi connectivity index (χ0v) is 19.9. The molecule has 0 aromatic heterocycles. The summed E-state index contributed by atoms with van der Waals surface area (Å²) in [5.41, 5.74) is 0. The minimum absolute atomic E-state index is 0.692. The highest BCUT2D eigenvalue weighted by atomic mass is 31.2. The van der Waals surface area contributed by atoms with Crippen LogP contribution in [-0.2, 0) is 4.57 Å². The topological polar surface area (TPSA) is 17.1 Å². The minimum atomic E-state index is -2.96. The molecule has 0 aliphatic carbocycles. The number of benzene rings is 5. The fraction of sp³-hybridized carbons (Fsp3) is 0. The summed E-state index contributed by atoms with van der Waals surface area (Å²) in [6.45, 7) is 0. The molecule has 5 aromatic rings. The van der Waals surface area contributed by atoms with Crippen LogP contribution in [0.25, 0.3) is 0 Å². The van der Waals surface area contributed by atoms with Crippen molar-refractivity contribution in [3.8, 4) is 0 Å². The van der Waals surface area contributed by atoms with Crippen molar-refractivity contribution in [2.75, 3.05) is 0 Å². The quantitative estimate of drug-likeness (QED) is 0.322. The van der Waals surface area contributed by atoms with E-state index in [2.05, 4.69) is 84.9 Å². The molecule has 0 spiro atoms. The van der Waals surface area contributed by atoms with Gasteiger partial charge >= 0.3 is 0 Å². The predicted octanol–water partition coefficient (Wildman–Crippen LogP) is 5.08. The summed E-state index contributed by atoms with van der Waals surface area (Å²) in [7, 11) is -3.66. The fourth-order valence-electron chi connectivity index (χ4n) is 4.14. The molecule has 0 aliphatic heterocycles. The van der Waals surface area contributed by atoms with Gasteiger partial charge in [0.1, 0.15) is 0 Å². The third kappa shape index (κ3) is 4.36. The number of hydrogen-bond acceptors (Lipinski definition) is 1. The van der Waals surface area contributed by atoms with Crippen LogP contribution >= 0.6 is 15.1 Å². The first-order chi connectivity index (χ1) is 16.3. The van der Waals surface area contributed by atoms with Gasteiger partial charge in [0.05, 0.1) is 0 Å². The van der Waals surface area contributed by atoms with Crippen LogP contribution in [0.1, 0.15) is 0 Å². The van der Waals surface area contributed by atoms with Gasteiger partial charge in [-0.05, 0) is 23.8 Å². The second-order valence-electron chi connectivity index (χ2n) is 7.80. The van der Waals surface area contributed by atoms with E-state index in [9.17, 15) is 4.57 Å². The summed E-state index contributed by atoms with van der Waals surface area (Å²) in [6, 6.07) is 49.5. The Morgan fingerprint density at radius 3 is 1.06 bits per heavy atom. The van der Waals surface area contributed by atoms with Crippen molar-refractivity contribution in [1.29, 1.82) is 0 Å². The molecule has 5 rings (SSSR count). The first kappa shape index (κ1) is 21.6. The predicted molar refractivity (Wildman–Crippen MR) is 145 cm³/mol. The van der Waals surface area contributed by atoms with Gasteiger partial charge in [-0.2, -0.15) is 0 Å². The van der Waals surface area contributed by atoms with Gasteiger partial charge in [0.25, 0.3) is 0 Å². The van der Waals surface area contributed by atoms with E-state index < -0.39 is 15.1 Å². The van der Waals surface area contributed by atoms with Gasteiger partial charge < -0.3 is 4.57 Å². The highest BCUT2D eigenvalue weighted by Crippen LogP contribution is 2.42. The van der Waals surface area contributed by atoms with Crippen LogP contribution < -0.4 is 31.8 Å². The van der Waals surface area contributed by atoms with Crippen molar-refractivity contribution in [2.24, 2.45) is 0 Å². The highest BCUT2D eigenvalue weighted by Gasteiger charge is 2.29. The standard InChI is InChI=1S/C30H24OP2/c31-33(28-17-9-3-10-18-28,29-19-11-4-12-20-29)30-23-21-27(22-24-30)32(25-13-5-1-6-14-25)26-15-7-2-8-16-26/h1-24H. The van der Waals surface area contributed by atoms with Crippen LogP contribution in [0.3, 0.4) is 0 Å². The van der Waals surface area contributed by atoms with Crippen molar-refractivity contribution in [2.45, 2.75) is 0 Å². The molecule has 3 heteroatoms. The Labute approximate surface area is 196 Å². The van der Waals surface area contributed by atoms with Crippen LogP contribution in [0.5, 0.6) is 0 Å². The maximum Gasteiger partial charge on any atom is 0.171 e. The van der Waals surface area contributed by atoms with E-state index in [1.807, 2.05) is 60.7 Å². The fourth-order valence-corrected chi connectivity index (χ4v) is 9.07. The zero-order chi connectivity index (χ0) is 22.5. The molecule has 0 aliphatic rings. The summed E-state index contributed by atoms with van der Waals surface area (Å²) < 4.78 is 14.6. The molecule has 0 unspecified atom stereocenters. The molecule has 0 bridgehead atoms. The SMILES string of the molecule is O=P(c1ccccc1)(c1ccccc1)c1ccc(P(c2ccccc2)c2ccccc2)cc1. The second-order valence-corrected chi connectivity index (χ2v) is 12.8. The van der Waals surface area contributed by atoms with E-state index >= 15 is 0 Å². The van der Waals surface area contributed by atoms with Gasteiger partial charge in [-0.15, -0.1) is 0 Å². The van der Waals surface area contributed by atoms with E-state index in [-0.39, 0.29) is 0 Å². The Morgan fingerprint density at radius 1 is 0.364 bits per heavy atom. The molecular weight excluding hydrogens is 438 g/mol. The summed E-state index contributed by atoms with van der Waals surface area (Å²) in [6.07, 6.45) is 0. The van der Waals surface area contributed by atoms with Crippen molar-refractivity contribution in [3.05, 3.63) is 146 Å². The Balaban J connectivity index is 1.62. The zero-order valence-electron chi connectivity index (χ0n) is 18.2. The lowest BCUT2D eigenvalue weighted by Crippen LogP contribution is -2.26. The van der Waals surface area contributed by atoms with Crippen molar-refractivity contribution in [3.63, 3.8) is 0 Å². The minimum Gasteiger partial charge on any atom is -0.309 e. The molecule has 0 N–H and O–H groups in total. The molecule has 0 radical (unpaired) electrons. The van der Waals surface area contributed by atoms with Crippen LogP contribution in [0.15, 0.2) is 146 Å². The van der Waals surface area contributed by atoms with Gasteiger partial charge in [-0.25, -0.2) is 0 Å². The maximum absolute atomic E-state index is 14.6. The molecule has 5 aromatic carbocycles. The lowest BCUT2D eigenvalue weighted by atomic mass is 10.3. The smallest absolute Gasteiger partial charge is 0.171 e. The normalized spacial score (nSPS) is 11.4. The molecule has 0 fully saturated rings. The number of hydrogen-bond donors (Lipinski definition) is 0. The van der Waals surface area contributed by atoms with E-state index in [1.165, 1.54) is 15.9 Å². The Hall–Kier alpha value is -3.24. The first-order valence-corrected chi connectivity index (χ1v) is 14.0. The third-order valence-electron chi connectivity index (χ3n) is 5.74. The van der Waals surface area contributed by atoms with E-state index in [0.29, 0.717) is 0 Å². The Morgan fingerprint density at radius 2 is 0.667 bits per heavy atom. The van der Waals surface area contributed by atoms with Crippen LogP contribution in [0, 0.1) is 0 Å². The summed E-state index contributed by atoms with van der Waals surface area (Å²) in [5.74, 6) is 0. The molecular formula is C30H24OP2. The Bertz CT molecular complexity index is 1270.